The van der Waals surface area contributed by atoms with Crippen LogP contribution in [0.1, 0.15) is 24.5 Å². The highest BCUT2D eigenvalue weighted by Crippen LogP contribution is 2.32. The molecule has 1 heterocycles. The SMILES string of the molecule is COc1cccc(C(C)(CC(=O)O)NC(=O)C2=Cc3cc(OC)ccc3OC2)c1. The average Bonchev–Trinajstić information content (AvgIpc) is 2.72. The van der Waals surface area contributed by atoms with E-state index < -0.39 is 17.4 Å². The minimum Gasteiger partial charge on any atom is -0.497 e. The van der Waals surface area contributed by atoms with Gasteiger partial charge in [0.2, 0.25) is 0 Å². The maximum Gasteiger partial charge on any atom is 0.306 e. The van der Waals surface area contributed by atoms with Crippen molar-refractivity contribution in [2.45, 2.75) is 18.9 Å². The molecular formula is C22H23NO6. The molecule has 1 atom stereocenters. The molecule has 0 saturated heterocycles. The van der Waals surface area contributed by atoms with E-state index in [0.717, 1.165) is 5.56 Å². The van der Waals surface area contributed by atoms with Crippen LogP contribution < -0.4 is 19.5 Å². The largest absolute Gasteiger partial charge is 0.497 e. The summed E-state index contributed by atoms with van der Waals surface area (Å²) in [7, 11) is 3.09. The number of carboxylic acids is 1. The van der Waals surface area contributed by atoms with Crippen LogP contribution >= 0.6 is 0 Å². The molecule has 0 saturated carbocycles. The molecule has 0 aromatic heterocycles. The van der Waals surface area contributed by atoms with Gasteiger partial charge >= 0.3 is 5.97 Å². The minimum atomic E-state index is -1.13. The number of carbonyl (C=O) groups excluding carboxylic acids is 1. The van der Waals surface area contributed by atoms with Crippen molar-refractivity contribution in [3.8, 4) is 17.2 Å². The molecule has 0 radical (unpaired) electrons. The molecule has 2 aromatic carbocycles. The number of carbonyl (C=O) groups is 2. The van der Waals surface area contributed by atoms with Gasteiger partial charge in [0.1, 0.15) is 23.9 Å². The molecule has 0 fully saturated rings. The molecule has 0 aliphatic carbocycles. The molecule has 1 aliphatic heterocycles. The molecule has 1 aliphatic rings. The summed E-state index contributed by atoms with van der Waals surface area (Å²) < 4.78 is 16.1. The van der Waals surface area contributed by atoms with Gasteiger partial charge in [0, 0.05) is 5.56 Å². The minimum absolute atomic E-state index is 0.0897. The van der Waals surface area contributed by atoms with E-state index in [0.29, 0.717) is 28.4 Å². The molecule has 1 amide bonds. The van der Waals surface area contributed by atoms with Gasteiger partial charge < -0.3 is 24.6 Å². The van der Waals surface area contributed by atoms with Gasteiger partial charge in [-0.25, -0.2) is 0 Å². The van der Waals surface area contributed by atoms with Gasteiger partial charge in [-0.05, 0) is 48.9 Å². The van der Waals surface area contributed by atoms with Crippen molar-refractivity contribution >= 4 is 18.0 Å². The van der Waals surface area contributed by atoms with Crippen LogP contribution in [-0.4, -0.2) is 37.8 Å². The number of ether oxygens (including phenoxy) is 3. The Morgan fingerprint density at radius 1 is 1.14 bits per heavy atom. The predicted molar refractivity (Wildman–Crippen MR) is 107 cm³/mol. The van der Waals surface area contributed by atoms with Crippen molar-refractivity contribution in [2.75, 3.05) is 20.8 Å². The first-order valence-electron chi connectivity index (χ1n) is 9.05. The Morgan fingerprint density at radius 2 is 1.86 bits per heavy atom. The molecule has 29 heavy (non-hydrogen) atoms. The van der Waals surface area contributed by atoms with Crippen molar-refractivity contribution in [3.05, 3.63) is 59.2 Å². The number of carboxylic acid groups (broad SMARTS) is 1. The number of hydrogen-bond donors (Lipinski definition) is 2. The number of aliphatic carboxylic acids is 1. The quantitative estimate of drug-likeness (QED) is 0.746. The van der Waals surface area contributed by atoms with Crippen LogP contribution in [0.4, 0.5) is 0 Å². The molecule has 7 nitrogen and oxygen atoms in total. The zero-order valence-corrected chi connectivity index (χ0v) is 16.5. The smallest absolute Gasteiger partial charge is 0.306 e. The van der Waals surface area contributed by atoms with Crippen molar-refractivity contribution in [2.24, 2.45) is 0 Å². The number of methoxy groups -OCH3 is 2. The second kappa shape index (κ2) is 8.26. The normalized spacial score (nSPS) is 14.5. The Morgan fingerprint density at radius 3 is 2.55 bits per heavy atom. The van der Waals surface area contributed by atoms with Gasteiger partial charge in [-0.1, -0.05) is 12.1 Å². The van der Waals surface area contributed by atoms with Gasteiger partial charge in [-0.2, -0.15) is 0 Å². The molecule has 152 valence electrons. The van der Waals surface area contributed by atoms with E-state index >= 15 is 0 Å². The number of amides is 1. The first-order valence-corrected chi connectivity index (χ1v) is 9.05. The Balaban J connectivity index is 1.90. The van der Waals surface area contributed by atoms with Gasteiger partial charge in [0.15, 0.2) is 0 Å². The summed E-state index contributed by atoms with van der Waals surface area (Å²) in [5, 5.41) is 12.3. The Kier molecular flexibility index (Phi) is 5.77. The maximum absolute atomic E-state index is 13.0. The number of nitrogens with one attached hydrogen (secondary N) is 1. The fourth-order valence-electron chi connectivity index (χ4n) is 3.23. The van der Waals surface area contributed by atoms with Crippen LogP contribution in [0.15, 0.2) is 48.0 Å². The number of rotatable bonds is 7. The highest BCUT2D eigenvalue weighted by molar-refractivity contribution is 5.99. The van der Waals surface area contributed by atoms with E-state index in [2.05, 4.69) is 5.32 Å². The standard InChI is InChI=1S/C22H23NO6/c1-22(12-20(24)25,16-5-4-6-17(11-16)27-2)23-21(26)15-9-14-10-18(28-3)7-8-19(14)29-13-15/h4-11H,12-13H2,1-3H3,(H,23,26)(H,24,25). The van der Waals surface area contributed by atoms with E-state index in [1.54, 1.807) is 62.6 Å². The van der Waals surface area contributed by atoms with Crippen LogP contribution in [0.5, 0.6) is 17.2 Å². The van der Waals surface area contributed by atoms with Crippen molar-refractivity contribution < 1.29 is 28.9 Å². The summed E-state index contributed by atoms with van der Waals surface area (Å²) in [5.74, 6) is 0.458. The van der Waals surface area contributed by atoms with E-state index in [1.165, 1.54) is 7.11 Å². The topological polar surface area (TPSA) is 94.1 Å². The fraction of sp³-hybridized carbons (Fsp3) is 0.273. The highest BCUT2D eigenvalue weighted by Gasteiger charge is 2.33. The molecule has 7 heteroatoms. The van der Waals surface area contributed by atoms with Gasteiger partial charge in [0.05, 0.1) is 31.8 Å². The van der Waals surface area contributed by atoms with Crippen LogP contribution in [0.2, 0.25) is 0 Å². The molecule has 0 spiro atoms. The highest BCUT2D eigenvalue weighted by atomic mass is 16.5. The first kappa shape index (κ1) is 20.3. The lowest BCUT2D eigenvalue weighted by Crippen LogP contribution is -2.46. The van der Waals surface area contributed by atoms with E-state index in [1.807, 2.05) is 0 Å². The third kappa shape index (κ3) is 4.51. The summed E-state index contributed by atoms with van der Waals surface area (Å²) >= 11 is 0. The first-order chi connectivity index (χ1) is 13.8. The number of fused-ring (bicyclic) bond motifs is 1. The Labute approximate surface area is 168 Å². The third-order valence-corrected chi connectivity index (χ3v) is 4.82. The monoisotopic (exact) mass is 397 g/mol. The summed E-state index contributed by atoms with van der Waals surface area (Å²) in [4.78, 5) is 24.5. The third-order valence-electron chi connectivity index (χ3n) is 4.82. The van der Waals surface area contributed by atoms with Crippen LogP contribution in [0.25, 0.3) is 6.08 Å². The predicted octanol–water partition coefficient (Wildman–Crippen LogP) is 2.99. The number of hydrogen-bond acceptors (Lipinski definition) is 5. The fourth-order valence-corrected chi connectivity index (χ4v) is 3.23. The van der Waals surface area contributed by atoms with Crippen LogP contribution in [-0.2, 0) is 15.1 Å². The summed E-state index contributed by atoms with van der Waals surface area (Å²) in [6, 6.07) is 12.3. The Bertz CT molecular complexity index is 968. The lowest BCUT2D eigenvalue weighted by Gasteiger charge is -2.31. The van der Waals surface area contributed by atoms with Gasteiger partial charge in [0.25, 0.3) is 5.91 Å². The average molecular weight is 397 g/mol. The lowest BCUT2D eigenvalue weighted by molar-refractivity contribution is -0.139. The Hall–Kier alpha value is -3.48. The van der Waals surface area contributed by atoms with Crippen molar-refractivity contribution in [1.29, 1.82) is 0 Å². The molecular weight excluding hydrogens is 374 g/mol. The molecule has 2 N–H and O–H groups in total. The maximum atomic E-state index is 13.0. The van der Waals surface area contributed by atoms with Gasteiger partial charge in [-0.15, -0.1) is 0 Å². The second-order valence-corrected chi connectivity index (χ2v) is 6.95. The number of benzene rings is 2. The lowest BCUT2D eigenvalue weighted by atomic mass is 9.87. The van der Waals surface area contributed by atoms with Crippen molar-refractivity contribution in [1.82, 2.24) is 5.32 Å². The molecule has 2 aromatic rings. The molecule has 0 bridgehead atoms. The summed E-state index contributed by atoms with van der Waals surface area (Å²) in [6.45, 7) is 1.77. The van der Waals surface area contributed by atoms with Crippen LogP contribution in [0.3, 0.4) is 0 Å². The van der Waals surface area contributed by atoms with Crippen molar-refractivity contribution in [3.63, 3.8) is 0 Å². The van der Waals surface area contributed by atoms with E-state index in [-0.39, 0.29) is 13.0 Å². The summed E-state index contributed by atoms with van der Waals surface area (Å²) in [5.41, 5.74) is 0.617. The molecule has 1 unspecified atom stereocenters. The van der Waals surface area contributed by atoms with E-state index in [9.17, 15) is 14.7 Å². The second-order valence-electron chi connectivity index (χ2n) is 6.95. The zero-order chi connectivity index (χ0) is 21.0. The summed E-state index contributed by atoms with van der Waals surface area (Å²) in [6.07, 6.45) is 1.44. The molecule has 3 rings (SSSR count). The van der Waals surface area contributed by atoms with E-state index in [4.69, 9.17) is 14.2 Å². The van der Waals surface area contributed by atoms with Gasteiger partial charge in [-0.3, -0.25) is 9.59 Å². The zero-order valence-electron chi connectivity index (χ0n) is 16.5. The van der Waals surface area contributed by atoms with Crippen LogP contribution in [0, 0.1) is 0 Å².